The van der Waals surface area contributed by atoms with Gasteiger partial charge in [-0.15, -0.1) is 0 Å². The summed E-state index contributed by atoms with van der Waals surface area (Å²) in [4.78, 5) is 16.9. The molecule has 1 fully saturated rings. The molecule has 1 saturated heterocycles. The molecule has 37 heavy (non-hydrogen) atoms. The largest absolute Gasteiger partial charge is 0.508 e. The van der Waals surface area contributed by atoms with E-state index in [1.807, 2.05) is 0 Å². The van der Waals surface area contributed by atoms with E-state index in [1.165, 1.54) is 43.5 Å². The number of hydrogen-bond acceptors (Lipinski definition) is 4. The Morgan fingerprint density at radius 1 is 0.919 bits per heavy atom. The van der Waals surface area contributed by atoms with Crippen molar-refractivity contribution in [3.63, 3.8) is 0 Å². The molecule has 1 amide bonds. The van der Waals surface area contributed by atoms with Crippen molar-refractivity contribution < 1.29 is 32.2 Å². The number of piperidine rings is 1. The van der Waals surface area contributed by atoms with Crippen molar-refractivity contribution in [3.05, 3.63) is 83.7 Å². The Balaban J connectivity index is 0.00000380. The van der Waals surface area contributed by atoms with E-state index in [0.29, 0.717) is 18.4 Å². The zero-order valence-electron chi connectivity index (χ0n) is 19.5. The predicted molar refractivity (Wildman–Crippen MR) is 135 cm³/mol. The first-order valence-corrected chi connectivity index (χ1v) is 11.7. The maximum atomic E-state index is 13.6. The molecule has 0 aliphatic carbocycles. The van der Waals surface area contributed by atoms with Gasteiger partial charge in [-0.1, -0.05) is 13.8 Å². The predicted octanol–water partition coefficient (Wildman–Crippen LogP) is 7.03. The molecule has 0 spiro atoms. The summed E-state index contributed by atoms with van der Waals surface area (Å²) in [6, 6.07) is 13.8. The Morgan fingerprint density at radius 2 is 1.51 bits per heavy atom. The van der Waals surface area contributed by atoms with Crippen molar-refractivity contribution in [2.45, 2.75) is 32.9 Å². The number of nitrogens with zero attached hydrogens (tertiary/aromatic N) is 2. The summed E-state index contributed by atoms with van der Waals surface area (Å²) in [6.45, 7) is 3.39. The summed E-state index contributed by atoms with van der Waals surface area (Å²) in [7, 11) is 0. The SMILES string of the molecule is C.O=C(c1ccc(F)cc1C(F)(F)F)N(c1ccc(O)cc1)c1ccc(OCCN2CCCCC2)cc1. The smallest absolute Gasteiger partial charge is 0.417 e. The van der Waals surface area contributed by atoms with Crippen molar-refractivity contribution in [2.24, 2.45) is 0 Å². The molecule has 5 nitrogen and oxygen atoms in total. The highest BCUT2D eigenvalue weighted by Crippen LogP contribution is 2.36. The minimum Gasteiger partial charge on any atom is -0.508 e. The Hall–Kier alpha value is -3.59. The van der Waals surface area contributed by atoms with E-state index in [4.69, 9.17) is 4.74 Å². The molecule has 9 heteroatoms. The number of ether oxygens (including phenoxy) is 1. The molecule has 0 radical (unpaired) electrons. The summed E-state index contributed by atoms with van der Waals surface area (Å²) < 4.78 is 60.3. The number of anilines is 2. The maximum absolute atomic E-state index is 13.6. The standard InChI is InChI=1S/C27H26F4N2O3.CH4/c28-19-4-13-24(25(18-19)27(29,30)31)26(35)33(20-5-9-22(34)10-6-20)21-7-11-23(12-8-21)36-17-16-32-14-2-1-3-15-32;/h4-13,18,34H,1-3,14-17H2;1H4. The second-order valence-electron chi connectivity index (χ2n) is 8.59. The number of rotatable bonds is 7. The molecular weight excluding hydrogens is 488 g/mol. The highest BCUT2D eigenvalue weighted by molar-refractivity contribution is 6.11. The number of halogens is 4. The van der Waals surface area contributed by atoms with Gasteiger partial charge in [0.1, 0.15) is 23.9 Å². The second-order valence-corrected chi connectivity index (χ2v) is 8.59. The van der Waals surface area contributed by atoms with Gasteiger partial charge in [0.2, 0.25) is 0 Å². The average Bonchev–Trinajstić information content (AvgIpc) is 2.86. The van der Waals surface area contributed by atoms with Gasteiger partial charge in [-0.2, -0.15) is 13.2 Å². The molecule has 1 N–H and O–H groups in total. The molecule has 0 atom stereocenters. The molecule has 4 rings (SSSR count). The number of carbonyl (C=O) groups excluding carboxylic acids is 1. The van der Waals surface area contributed by atoms with Crippen LogP contribution >= 0.6 is 0 Å². The zero-order chi connectivity index (χ0) is 25.7. The molecule has 1 heterocycles. The first-order chi connectivity index (χ1) is 17.2. The van der Waals surface area contributed by atoms with E-state index in [-0.39, 0.29) is 24.6 Å². The van der Waals surface area contributed by atoms with E-state index in [2.05, 4.69) is 4.90 Å². The number of hydrogen-bond donors (Lipinski definition) is 1. The maximum Gasteiger partial charge on any atom is 0.417 e. The fraction of sp³-hybridized carbons (Fsp3) is 0.321. The fourth-order valence-corrected chi connectivity index (χ4v) is 4.21. The van der Waals surface area contributed by atoms with Crippen LogP contribution in [0.1, 0.15) is 42.6 Å². The molecule has 198 valence electrons. The van der Waals surface area contributed by atoms with Crippen LogP contribution in [-0.2, 0) is 6.18 Å². The molecule has 3 aromatic carbocycles. The molecule has 0 saturated carbocycles. The van der Waals surface area contributed by atoms with E-state index in [0.717, 1.165) is 36.7 Å². The first-order valence-electron chi connectivity index (χ1n) is 11.7. The van der Waals surface area contributed by atoms with Crippen LogP contribution in [0.5, 0.6) is 11.5 Å². The van der Waals surface area contributed by atoms with Gasteiger partial charge < -0.3 is 9.84 Å². The summed E-state index contributed by atoms with van der Waals surface area (Å²) >= 11 is 0. The van der Waals surface area contributed by atoms with E-state index >= 15 is 0 Å². The van der Waals surface area contributed by atoms with Crippen molar-refractivity contribution >= 4 is 17.3 Å². The van der Waals surface area contributed by atoms with Gasteiger partial charge in [0.25, 0.3) is 5.91 Å². The van der Waals surface area contributed by atoms with Crippen LogP contribution in [-0.4, -0.2) is 42.2 Å². The number of phenols is 1. The lowest BCUT2D eigenvalue weighted by atomic mass is 10.0. The van der Waals surface area contributed by atoms with Gasteiger partial charge in [-0.05, 0) is 92.7 Å². The van der Waals surface area contributed by atoms with E-state index in [9.17, 15) is 27.5 Å². The van der Waals surface area contributed by atoms with Crippen LogP contribution < -0.4 is 9.64 Å². The lowest BCUT2D eigenvalue weighted by Crippen LogP contribution is -2.33. The second kappa shape index (κ2) is 12.1. The minimum atomic E-state index is -4.93. The third-order valence-corrected chi connectivity index (χ3v) is 6.05. The van der Waals surface area contributed by atoms with Crippen molar-refractivity contribution in [2.75, 3.05) is 31.1 Å². The molecule has 1 aliphatic heterocycles. The van der Waals surface area contributed by atoms with Gasteiger partial charge in [-0.3, -0.25) is 14.6 Å². The van der Waals surface area contributed by atoms with E-state index in [1.54, 1.807) is 24.3 Å². The van der Waals surface area contributed by atoms with Crippen LogP contribution in [0.25, 0.3) is 0 Å². The number of aromatic hydroxyl groups is 1. The quantitative estimate of drug-likeness (QED) is 0.341. The van der Waals surface area contributed by atoms with Gasteiger partial charge in [-0.25, -0.2) is 4.39 Å². The van der Waals surface area contributed by atoms with Gasteiger partial charge in [0.15, 0.2) is 0 Å². The molecular formula is C28H30F4N2O3. The average molecular weight is 519 g/mol. The van der Waals surface area contributed by atoms with Crippen molar-refractivity contribution in [1.29, 1.82) is 0 Å². The lowest BCUT2D eigenvalue weighted by Gasteiger charge is -2.26. The zero-order valence-corrected chi connectivity index (χ0v) is 19.5. The van der Waals surface area contributed by atoms with Crippen LogP contribution in [0.2, 0.25) is 0 Å². The van der Waals surface area contributed by atoms with Gasteiger partial charge in [0.05, 0.1) is 11.1 Å². The number of alkyl halides is 3. The monoisotopic (exact) mass is 518 g/mol. The number of carbonyl (C=O) groups is 1. The molecule has 0 aromatic heterocycles. The van der Waals surface area contributed by atoms with Gasteiger partial charge in [0, 0.05) is 17.9 Å². The molecule has 1 aliphatic rings. The van der Waals surface area contributed by atoms with Crippen LogP contribution in [0.3, 0.4) is 0 Å². The Morgan fingerprint density at radius 3 is 2.11 bits per heavy atom. The highest BCUT2D eigenvalue weighted by atomic mass is 19.4. The highest BCUT2D eigenvalue weighted by Gasteiger charge is 2.37. The van der Waals surface area contributed by atoms with Gasteiger partial charge >= 0.3 is 6.18 Å². The van der Waals surface area contributed by atoms with Crippen molar-refractivity contribution in [3.8, 4) is 11.5 Å². The van der Waals surface area contributed by atoms with E-state index < -0.39 is 29.0 Å². The Labute approximate surface area is 213 Å². The number of benzene rings is 3. The molecule has 0 bridgehead atoms. The first kappa shape index (κ1) is 28.0. The number of amides is 1. The molecule has 0 unspecified atom stereocenters. The Kier molecular flexibility index (Phi) is 9.15. The minimum absolute atomic E-state index is 0. The van der Waals surface area contributed by atoms with Crippen LogP contribution in [0, 0.1) is 5.82 Å². The van der Waals surface area contributed by atoms with Crippen LogP contribution in [0.15, 0.2) is 66.7 Å². The number of phenolic OH excluding ortho intramolecular Hbond substituents is 1. The lowest BCUT2D eigenvalue weighted by molar-refractivity contribution is -0.138. The summed E-state index contributed by atoms with van der Waals surface area (Å²) in [5, 5.41) is 9.65. The summed E-state index contributed by atoms with van der Waals surface area (Å²) in [5.74, 6) is -1.60. The summed E-state index contributed by atoms with van der Waals surface area (Å²) in [6.07, 6.45) is -1.32. The topological polar surface area (TPSA) is 53.0 Å². The number of likely N-dealkylation sites (tertiary alicyclic amines) is 1. The normalized spacial score (nSPS) is 14.1. The Bertz CT molecular complexity index is 1180. The third kappa shape index (κ3) is 7.01. The summed E-state index contributed by atoms with van der Waals surface area (Å²) in [5.41, 5.74) is -1.55. The van der Waals surface area contributed by atoms with Crippen LogP contribution in [0.4, 0.5) is 28.9 Å². The molecule has 3 aromatic rings. The van der Waals surface area contributed by atoms with Crippen molar-refractivity contribution in [1.82, 2.24) is 4.90 Å². The third-order valence-electron chi connectivity index (χ3n) is 6.05. The fourth-order valence-electron chi connectivity index (χ4n) is 4.21.